The number of amides is 1. The van der Waals surface area contributed by atoms with E-state index < -0.39 is 0 Å². The first-order valence-electron chi connectivity index (χ1n) is 8.51. The molecule has 1 aliphatic rings. The van der Waals surface area contributed by atoms with Crippen LogP contribution in [0.15, 0.2) is 36.7 Å². The first kappa shape index (κ1) is 17.2. The number of aromatic nitrogens is 2. The number of piperidine rings is 1. The molecule has 1 unspecified atom stereocenters. The minimum atomic E-state index is 0.00809. The van der Waals surface area contributed by atoms with E-state index in [0.29, 0.717) is 30.5 Å². The van der Waals surface area contributed by atoms with E-state index in [-0.39, 0.29) is 11.8 Å². The summed E-state index contributed by atoms with van der Waals surface area (Å²) >= 11 is 0. The number of carbonyl (C=O) groups excluding carboxylic acids is 1. The van der Waals surface area contributed by atoms with Crippen LogP contribution in [0.3, 0.4) is 0 Å². The van der Waals surface area contributed by atoms with Gasteiger partial charge in [-0.3, -0.25) is 4.79 Å². The summed E-state index contributed by atoms with van der Waals surface area (Å²) in [6, 6.07) is 7.73. The Morgan fingerprint density at radius 3 is 2.80 bits per heavy atom. The van der Waals surface area contributed by atoms with Gasteiger partial charge in [-0.1, -0.05) is 12.1 Å². The minimum absolute atomic E-state index is 0.00809. The third kappa shape index (κ3) is 4.26. The molecule has 0 aliphatic carbocycles. The molecule has 1 atom stereocenters. The predicted molar refractivity (Wildman–Crippen MR) is 93.9 cm³/mol. The number of methoxy groups -OCH3 is 1. The quantitative estimate of drug-likeness (QED) is 0.837. The monoisotopic (exact) mass is 341 g/mol. The van der Waals surface area contributed by atoms with Crippen molar-refractivity contribution in [1.82, 2.24) is 14.9 Å². The molecule has 1 fully saturated rings. The number of carbonyl (C=O) groups is 1. The summed E-state index contributed by atoms with van der Waals surface area (Å²) in [6.07, 6.45) is 5.46. The molecule has 2 aromatic rings. The summed E-state index contributed by atoms with van der Waals surface area (Å²) in [5, 5.41) is 0. The molecular weight excluding hydrogens is 318 g/mol. The summed E-state index contributed by atoms with van der Waals surface area (Å²) < 4.78 is 11.0. The third-order valence-electron chi connectivity index (χ3n) is 4.35. The number of aryl methyl sites for hydroxylation is 1. The number of likely N-dealkylation sites (tertiary alicyclic amines) is 1. The molecular formula is C19H23N3O3. The van der Waals surface area contributed by atoms with Gasteiger partial charge in [0.25, 0.3) is 5.91 Å². The molecule has 6 heteroatoms. The number of rotatable bonds is 5. The van der Waals surface area contributed by atoms with Gasteiger partial charge in [0.05, 0.1) is 19.3 Å². The Kier molecular flexibility index (Phi) is 5.48. The lowest BCUT2D eigenvalue weighted by Gasteiger charge is -2.32. The maximum absolute atomic E-state index is 12.8. The van der Waals surface area contributed by atoms with Crippen molar-refractivity contribution in [2.24, 2.45) is 5.92 Å². The maximum Gasteiger partial charge on any atom is 0.316 e. The number of ether oxygens (including phenoxy) is 2. The average molecular weight is 341 g/mol. The Morgan fingerprint density at radius 1 is 1.28 bits per heavy atom. The highest BCUT2D eigenvalue weighted by atomic mass is 16.5. The second kappa shape index (κ2) is 7.96. The highest BCUT2D eigenvalue weighted by molar-refractivity contribution is 5.97. The van der Waals surface area contributed by atoms with Crippen molar-refractivity contribution in [3.8, 4) is 11.8 Å². The van der Waals surface area contributed by atoms with Gasteiger partial charge in [0.15, 0.2) is 0 Å². The average Bonchev–Trinajstić information content (AvgIpc) is 2.67. The van der Waals surface area contributed by atoms with E-state index in [2.05, 4.69) is 9.97 Å². The van der Waals surface area contributed by atoms with Crippen molar-refractivity contribution in [2.45, 2.75) is 19.8 Å². The topological polar surface area (TPSA) is 64.5 Å². The van der Waals surface area contributed by atoms with Crippen LogP contribution in [0.25, 0.3) is 0 Å². The van der Waals surface area contributed by atoms with Crippen molar-refractivity contribution < 1.29 is 14.3 Å². The molecule has 1 saturated heterocycles. The van der Waals surface area contributed by atoms with Gasteiger partial charge in [0, 0.05) is 31.4 Å². The van der Waals surface area contributed by atoms with Crippen LogP contribution in [-0.4, -0.2) is 47.6 Å². The second-order valence-corrected chi connectivity index (χ2v) is 6.31. The first-order chi connectivity index (χ1) is 12.2. The SMILES string of the molecule is COc1ccccc1C(=O)N1CCCC(COc2ncc(C)cn2)C1. The molecule has 0 saturated carbocycles. The third-order valence-corrected chi connectivity index (χ3v) is 4.35. The Hall–Kier alpha value is -2.63. The van der Waals surface area contributed by atoms with Gasteiger partial charge in [0.1, 0.15) is 5.75 Å². The number of hydrogen-bond acceptors (Lipinski definition) is 5. The lowest BCUT2D eigenvalue weighted by atomic mass is 9.98. The molecule has 1 amide bonds. The molecule has 0 spiro atoms. The van der Waals surface area contributed by atoms with Crippen molar-refractivity contribution in [3.63, 3.8) is 0 Å². The summed E-state index contributed by atoms with van der Waals surface area (Å²) in [7, 11) is 1.58. The van der Waals surface area contributed by atoms with E-state index >= 15 is 0 Å². The van der Waals surface area contributed by atoms with Gasteiger partial charge in [0.2, 0.25) is 0 Å². The van der Waals surface area contributed by atoms with Gasteiger partial charge in [-0.15, -0.1) is 0 Å². The van der Waals surface area contributed by atoms with Crippen LogP contribution in [0.1, 0.15) is 28.8 Å². The maximum atomic E-state index is 12.8. The van der Waals surface area contributed by atoms with Crippen LogP contribution < -0.4 is 9.47 Å². The van der Waals surface area contributed by atoms with Crippen molar-refractivity contribution in [3.05, 3.63) is 47.8 Å². The Balaban J connectivity index is 1.60. The minimum Gasteiger partial charge on any atom is -0.496 e. The van der Waals surface area contributed by atoms with Gasteiger partial charge in [-0.2, -0.15) is 0 Å². The molecule has 1 aromatic carbocycles. The smallest absolute Gasteiger partial charge is 0.316 e. The molecule has 2 heterocycles. The molecule has 1 aromatic heterocycles. The summed E-state index contributed by atoms with van der Waals surface area (Å²) in [5.41, 5.74) is 1.60. The van der Waals surface area contributed by atoms with E-state index in [1.807, 2.05) is 30.0 Å². The number of benzene rings is 1. The van der Waals surface area contributed by atoms with Gasteiger partial charge in [-0.25, -0.2) is 9.97 Å². The fourth-order valence-electron chi connectivity index (χ4n) is 3.02. The molecule has 3 rings (SSSR count). The molecule has 0 N–H and O–H groups in total. The van der Waals surface area contributed by atoms with Gasteiger partial charge in [-0.05, 0) is 37.5 Å². The number of hydrogen-bond donors (Lipinski definition) is 0. The van der Waals surface area contributed by atoms with Crippen molar-refractivity contribution in [1.29, 1.82) is 0 Å². The van der Waals surface area contributed by atoms with Crippen LogP contribution in [0.5, 0.6) is 11.8 Å². The van der Waals surface area contributed by atoms with E-state index in [1.54, 1.807) is 25.6 Å². The van der Waals surface area contributed by atoms with E-state index in [1.165, 1.54) is 0 Å². The zero-order valence-electron chi connectivity index (χ0n) is 14.6. The van der Waals surface area contributed by atoms with E-state index in [4.69, 9.17) is 9.47 Å². The normalized spacial score (nSPS) is 17.2. The summed E-state index contributed by atoms with van der Waals surface area (Å²) in [4.78, 5) is 23.0. The zero-order valence-corrected chi connectivity index (χ0v) is 14.6. The Morgan fingerprint density at radius 2 is 2.04 bits per heavy atom. The van der Waals surface area contributed by atoms with Crippen LogP contribution >= 0.6 is 0 Å². The fraction of sp³-hybridized carbons (Fsp3) is 0.421. The summed E-state index contributed by atoms with van der Waals surface area (Å²) in [5.74, 6) is 0.893. The van der Waals surface area contributed by atoms with Crippen molar-refractivity contribution in [2.75, 3.05) is 26.8 Å². The van der Waals surface area contributed by atoms with Crippen LogP contribution in [-0.2, 0) is 0 Å². The number of nitrogens with zero attached hydrogens (tertiary/aromatic N) is 3. The highest BCUT2D eigenvalue weighted by Gasteiger charge is 2.26. The largest absolute Gasteiger partial charge is 0.496 e. The van der Waals surface area contributed by atoms with Crippen molar-refractivity contribution >= 4 is 5.91 Å². The zero-order chi connectivity index (χ0) is 17.6. The fourth-order valence-corrected chi connectivity index (χ4v) is 3.02. The lowest BCUT2D eigenvalue weighted by Crippen LogP contribution is -2.41. The lowest BCUT2D eigenvalue weighted by molar-refractivity contribution is 0.0625. The van der Waals surface area contributed by atoms with Gasteiger partial charge >= 0.3 is 6.01 Å². The highest BCUT2D eigenvalue weighted by Crippen LogP contribution is 2.23. The molecule has 0 radical (unpaired) electrons. The molecule has 0 bridgehead atoms. The Labute approximate surface area is 147 Å². The summed E-state index contributed by atoms with van der Waals surface area (Å²) in [6.45, 7) is 3.88. The van der Waals surface area contributed by atoms with Crippen LogP contribution in [0, 0.1) is 12.8 Å². The standard InChI is InChI=1S/C19H23N3O3/c1-14-10-20-19(21-11-14)25-13-15-6-5-9-22(12-15)18(23)16-7-3-4-8-17(16)24-2/h3-4,7-8,10-11,15H,5-6,9,12-13H2,1-2H3. The predicted octanol–water partition coefficient (Wildman–Crippen LogP) is 2.72. The van der Waals surface area contributed by atoms with Gasteiger partial charge < -0.3 is 14.4 Å². The molecule has 132 valence electrons. The van der Waals surface area contributed by atoms with Crippen LogP contribution in [0.4, 0.5) is 0 Å². The first-order valence-corrected chi connectivity index (χ1v) is 8.51. The molecule has 6 nitrogen and oxygen atoms in total. The number of para-hydroxylation sites is 1. The van der Waals surface area contributed by atoms with E-state index in [9.17, 15) is 4.79 Å². The van der Waals surface area contributed by atoms with Crippen LogP contribution in [0.2, 0.25) is 0 Å². The molecule has 25 heavy (non-hydrogen) atoms. The van der Waals surface area contributed by atoms with E-state index in [0.717, 1.165) is 24.9 Å². The molecule has 1 aliphatic heterocycles. The Bertz CT molecular complexity index is 718. The second-order valence-electron chi connectivity index (χ2n) is 6.31.